The number of aryl methyl sites for hydroxylation is 1. The lowest BCUT2D eigenvalue weighted by molar-refractivity contribution is 0.0963. The van der Waals surface area contributed by atoms with Crippen molar-refractivity contribution in [2.75, 3.05) is 12.4 Å². The van der Waals surface area contributed by atoms with E-state index >= 15 is 0 Å². The first-order valence-corrected chi connectivity index (χ1v) is 5.80. The van der Waals surface area contributed by atoms with Crippen LogP contribution in [0.5, 0.6) is 0 Å². The number of benzene rings is 1. The molecule has 86 valence electrons. The van der Waals surface area contributed by atoms with E-state index < -0.39 is 0 Å². The lowest BCUT2D eigenvalue weighted by atomic mass is 9.92. The van der Waals surface area contributed by atoms with Gasteiger partial charge in [0.25, 0.3) is 5.91 Å². The Kier molecular flexibility index (Phi) is 3.13. The molecule has 1 fully saturated rings. The summed E-state index contributed by atoms with van der Waals surface area (Å²) in [6.45, 7) is 2.06. The number of carbonyl (C=O) groups is 1. The molecule has 2 rings (SSSR count). The molecule has 1 aliphatic rings. The van der Waals surface area contributed by atoms with Gasteiger partial charge in [-0.05, 0) is 43.9 Å². The predicted octanol–water partition coefficient (Wildman–Crippen LogP) is 2.32. The number of rotatable bonds is 3. The third kappa shape index (κ3) is 2.18. The molecule has 0 radical (unpaired) electrons. The highest BCUT2D eigenvalue weighted by Gasteiger charge is 2.18. The van der Waals surface area contributed by atoms with Crippen molar-refractivity contribution in [3.63, 3.8) is 0 Å². The van der Waals surface area contributed by atoms with Gasteiger partial charge in [0.2, 0.25) is 0 Å². The van der Waals surface area contributed by atoms with Gasteiger partial charge in [-0.1, -0.05) is 6.07 Å². The van der Waals surface area contributed by atoms with Gasteiger partial charge < -0.3 is 10.6 Å². The van der Waals surface area contributed by atoms with E-state index in [9.17, 15) is 4.79 Å². The summed E-state index contributed by atoms with van der Waals surface area (Å²) in [5, 5.41) is 6.13. The average molecular weight is 218 g/mol. The van der Waals surface area contributed by atoms with Crippen LogP contribution in [0.3, 0.4) is 0 Å². The number of hydrogen-bond donors (Lipinski definition) is 2. The molecule has 1 amide bonds. The molecule has 2 N–H and O–H groups in total. The lowest BCUT2D eigenvalue weighted by Crippen LogP contribution is -2.27. The van der Waals surface area contributed by atoms with E-state index in [1.807, 2.05) is 18.2 Å². The zero-order valence-corrected chi connectivity index (χ0v) is 9.84. The van der Waals surface area contributed by atoms with Crippen molar-refractivity contribution in [3.8, 4) is 0 Å². The molecule has 0 aliphatic heterocycles. The summed E-state index contributed by atoms with van der Waals surface area (Å²) in [4.78, 5) is 11.5. The van der Waals surface area contributed by atoms with E-state index in [2.05, 4.69) is 17.6 Å². The first-order chi connectivity index (χ1) is 7.70. The smallest absolute Gasteiger partial charge is 0.251 e. The van der Waals surface area contributed by atoms with Crippen molar-refractivity contribution in [2.24, 2.45) is 0 Å². The van der Waals surface area contributed by atoms with Crippen LogP contribution in [0.25, 0.3) is 0 Å². The van der Waals surface area contributed by atoms with Crippen molar-refractivity contribution in [1.82, 2.24) is 5.32 Å². The van der Waals surface area contributed by atoms with Crippen LogP contribution in [-0.4, -0.2) is 19.0 Å². The summed E-state index contributed by atoms with van der Waals surface area (Å²) in [6.07, 6.45) is 3.79. The maximum absolute atomic E-state index is 11.5. The monoisotopic (exact) mass is 218 g/mol. The van der Waals surface area contributed by atoms with Gasteiger partial charge in [0.05, 0.1) is 0 Å². The van der Waals surface area contributed by atoms with Crippen LogP contribution in [0.2, 0.25) is 0 Å². The molecule has 0 heterocycles. The molecule has 0 bridgehead atoms. The zero-order valence-electron chi connectivity index (χ0n) is 9.84. The minimum absolute atomic E-state index is 0.0309. The molecule has 3 heteroatoms. The number of carbonyl (C=O) groups excluding carboxylic acids is 1. The van der Waals surface area contributed by atoms with Gasteiger partial charge in [-0.2, -0.15) is 0 Å². The number of amides is 1. The van der Waals surface area contributed by atoms with E-state index in [0.717, 1.165) is 11.3 Å². The molecule has 0 saturated heterocycles. The summed E-state index contributed by atoms with van der Waals surface area (Å²) in [5.41, 5.74) is 3.00. The van der Waals surface area contributed by atoms with Crippen LogP contribution in [0.4, 0.5) is 5.69 Å². The second-order valence-electron chi connectivity index (χ2n) is 4.38. The Labute approximate surface area is 96.2 Å². The first kappa shape index (κ1) is 11.0. The van der Waals surface area contributed by atoms with Gasteiger partial charge >= 0.3 is 0 Å². The third-order valence-corrected chi connectivity index (χ3v) is 3.19. The number of nitrogens with one attached hydrogen (secondary N) is 2. The molecule has 1 aromatic rings. The fourth-order valence-corrected chi connectivity index (χ4v) is 1.84. The van der Waals surface area contributed by atoms with Gasteiger partial charge in [0.1, 0.15) is 0 Å². The molecule has 0 atom stereocenters. The molecule has 1 aromatic carbocycles. The molecule has 0 aromatic heterocycles. The topological polar surface area (TPSA) is 41.1 Å². The molecule has 0 spiro atoms. The Morgan fingerprint density at radius 1 is 1.38 bits per heavy atom. The summed E-state index contributed by atoms with van der Waals surface area (Å²) < 4.78 is 0. The third-order valence-electron chi connectivity index (χ3n) is 3.19. The fraction of sp³-hybridized carbons (Fsp3) is 0.462. The summed E-state index contributed by atoms with van der Waals surface area (Å²) in [6, 6.07) is 6.39. The standard InChI is InChI=1S/C13H18N2O/c1-9-6-7-10(13(16)14-2)8-12(9)15-11-4-3-5-11/h6-8,11,15H,3-5H2,1-2H3,(H,14,16). The predicted molar refractivity (Wildman–Crippen MR) is 65.8 cm³/mol. The van der Waals surface area contributed by atoms with Crippen molar-refractivity contribution in [2.45, 2.75) is 32.2 Å². The first-order valence-electron chi connectivity index (χ1n) is 5.80. The van der Waals surface area contributed by atoms with Gasteiger partial charge in [0.15, 0.2) is 0 Å². The Morgan fingerprint density at radius 3 is 2.69 bits per heavy atom. The molecule has 1 aliphatic carbocycles. The Bertz CT molecular complexity index is 397. The average Bonchev–Trinajstić information content (AvgIpc) is 2.24. The van der Waals surface area contributed by atoms with Crippen LogP contribution < -0.4 is 10.6 Å². The van der Waals surface area contributed by atoms with Crippen molar-refractivity contribution < 1.29 is 4.79 Å². The highest BCUT2D eigenvalue weighted by atomic mass is 16.1. The van der Waals surface area contributed by atoms with Crippen molar-refractivity contribution >= 4 is 11.6 Å². The molecular formula is C13H18N2O. The largest absolute Gasteiger partial charge is 0.382 e. The van der Waals surface area contributed by atoms with E-state index in [-0.39, 0.29) is 5.91 Å². The van der Waals surface area contributed by atoms with Gasteiger partial charge in [0, 0.05) is 24.3 Å². The van der Waals surface area contributed by atoms with Crippen LogP contribution in [0.1, 0.15) is 35.2 Å². The SMILES string of the molecule is CNC(=O)c1ccc(C)c(NC2CCC2)c1. The van der Waals surface area contributed by atoms with Crippen LogP contribution >= 0.6 is 0 Å². The van der Waals surface area contributed by atoms with E-state index in [4.69, 9.17) is 0 Å². The molecular weight excluding hydrogens is 200 g/mol. The molecule has 3 nitrogen and oxygen atoms in total. The number of hydrogen-bond acceptors (Lipinski definition) is 2. The van der Waals surface area contributed by atoms with E-state index in [1.165, 1.54) is 24.8 Å². The summed E-state index contributed by atoms with van der Waals surface area (Å²) in [7, 11) is 1.65. The minimum atomic E-state index is -0.0309. The normalized spacial score (nSPS) is 15.4. The highest BCUT2D eigenvalue weighted by molar-refractivity contribution is 5.95. The summed E-state index contributed by atoms with van der Waals surface area (Å²) >= 11 is 0. The van der Waals surface area contributed by atoms with Crippen molar-refractivity contribution in [1.29, 1.82) is 0 Å². The molecule has 1 saturated carbocycles. The van der Waals surface area contributed by atoms with Gasteiger partial charge in [-0.25, -0.2) is 0 Å². The molecule has 16 heavy (non-hydrogen) atoms. The Morgan fingerprint density at radius 2 is 2.12 bits per heavy atom. The van der Waals surface area contributed by atoms with Crippen LogP contribution in [-0.2, 0) is 0 Å². The Balaban J connectivity index is 2.17. The minimum Gasteiger partial charge on any atom is -0.382 e. The number of anilines is 1. The lowest BCUT2D eigenvalue weighted by Gasteiger charge is -2.28. The van der Waals surface area contributed by atoms with E-state index in [0.29, 0.717) is 6.04 Å². The maximum Gasteiger partial charge on any atom is 0.251 e. The Hall–Kier alpha value is -1.51. The van der Waals surface area contributed by atoms with E-state index in [1.54, 1.807) is 7.05 Å². The van der Waals surface area contributed by atoms with Crippen molar-refractivity contribution in [3.05, 3.63) is 29.3 Å². The highest BCUT2D eigenvalue weighted by Crippen LogP contribution is 2.25. The zero-order chi connectivity index (χ0) is 11.5. The second-order valence-corrected chi connectivity index (χ2v) is 4.38. The van der Waals surface area contributed by atoms with Gasteiger partial charge in [-0.3, -0.25) is 4.79 Å². The quantitative estimate of drug-likeness (QED) is 0.817. The summed E-state index contributed by atoms with van der Waals surface area (Å²) in [5.74, 6) is -0.0309. The molecule has 0 unspecified atom stereocenters. The van der Waals surface area contributed by atoms with Gasteiger partial charge in [-0.15, -0.1) is 0 Å². The fourth-order valence-electron chi connectivity index (χ4n) is 1.84. The van der Waals surface area contributed by atoms with Crippen LogP contribution in [0.15, 0.2) is 18.2 Å². The second kappa shape index (κ2) is 4.56. The van der Waals surface area contributed by atoms with Crippen LogP contribution in [0, 0.1) is 6.92 Å². The maximum atomic E-state index is 11.5.